The number of nitrogens with one attached hydrogen (secondary N) is 1. The molecule has 8 nitrogen and oxygen atoms in total. The highest BCUT2D eigenvalue weighted by atomic mass is 16.2. The molecule has 0 bridgehead atoms. The molecule has 34 heavy (non-hydrogen) atoms. The molecule has 2 saturated heterocycles. The smallest absolute Gasteiger partial charge is 0.333 e. The van der Waals surface area contributed by atoms with Crippen LogP contribution in [-0.2, 0) is 22.7 Å². The zero-order chi connectivity index (χ0) is 24.2. The molecule has 4 rings (SSSR count). The molecule has 2 atom stereocenters. The highest BCUT2D eigenvalue weighted by molar-refractivity contribution is 6.32. The molecule has 0 unspecified atom stereocenters. The van der Waals surface area contributed by atoms with E-state index in [1.165, 1.54) is 0 Å². The maximum atomic E-state index is 13.4. The Kier molecular flexibility index (Phi) is 7.22. The van der Waals surface area contributed by atoms with E-state index in [2.05, 4.69) is 5.32 Å². The quantitative estimate of drug-likeness (QED) is 0.660. The van der Waals surface area contributed by atoms with E-state index >= 15 is 0 Å². The lowest BCUT2D eigenvalue weighted by atomic mass is 9.94. The van der Waals surface area contributed by atoms with E-state index in [1.54, 1.807) is 32.9 Å². The van der Waals surface area contributed by atoms with Gasteiger partial charge in [-0.3, -0.25) is 9.59 Å². The van der Waals surface area contributed by atoms with Crippen LogP contribution in [0.2, 0.25) is 0 Å². The predicted octanol–water partition coefficient (Wildman–Crippen LogP) is 1.22. The summed E-state index contributed by atoms with van der Waals surface area (Å²) < 4.78 is 0. The second-order valence-corrected chi connectivity index (χ2v) is 8.85. The topological polar surface area (TPSA) is 76.2 Å². The Labute approximate surface area is 201 Å². The maximum absolute atomic E-state index is 13.4. The van der Waals surface area contributed by atoms with Gasteiger partial charge in [-0.05, 0) is 17.5 Å². The standard InChI is InChI=1S/C25H30BN5O3/c1-3-8-21-24(33)29(15-19-11-7-12-20(26)13-19)16-22-30(21)23(32)17-28(2)31(22)25(34)27-14-18-9-5-4-6-10-18/h4-7,9-13,21-22H,3,8,14-17H2,1-2H3,(H,27,34)/t21-,22-/m0/s1. The van der Waals surface area contributed by atoms with Gasteiger partial charge in [-0.25, -0.2) is 14.8 Å². The van der Waals surface area contributed by atoms with Crippen LogP contribution in [-0.4, -0.2) is 77.9 Å². The van der Waals surface area contributed by atoms with Crippen LogP contribution >= 0.6 is 0 Å². The molecule has 2 aromatic carbocycles. The zero-order valence-corrected chi connectivity index (χ0v) is 19.7. The second kappa shape index (κ2) is 10.3. The van der Waals surface area contributed by atoms with Crippen molar-refractivity contribution in [2.75, 3.05) is 20.1 Å². The van der Waals surface area contributed by atoms with Gasteiger partial charge in [-0.1, -0.05) is 73.4 Å². The van der Waals surface area contributed by atoms with Crippen LogP contribution in [0.15, 0.2) is 54.6 Å². The third kappa shape index (κ3) is 4.94. The van der Waals surface area contributed by atoms with Crippen LogP contribution in [0.5, 0.6) is 0 Å². The SMILES string of the molecule is [B]c1cccc(CN2C[C@H]3N(C(=O)CN(C)N3C(=O)NCc3ccccc3)[C@@H](CCC)C2=O)c1. The molecule has 2 aliphatic heterocycles. The Bertz CT molecular complexity index is 1050. The number of urea groups is 1. The normalized spacial score (nSPS) is 20.9. The summed E-state index contributed by atoms with van der Waals surface area (Å²) in [5.74, 6) is -0.238. The highest BCUT2D eigenvalue weighted by Crippen LogP contribution is 2.28. The lowest BCUT2D eigenvalue weighted by Crippen LogP contribution is -2.75. The molecule has 2 fully saturated rings. The fourth-order valence-electron chi connectivity index (χ4n) is 4.76. The summed E-state index contributed by atoms with van der Waals surface area (Å²) in [6, 6.07) is 16.2. The minimum Gasteiger partial charge on any atom is -0.333 e. The predicted molar refractivity (Wildman–Crippen MR) is 130 cm³/mol. The van der Waals surface area contributed by atoms with Crippen molar-refractivity contribution in [2.24, 2.45) is 0 Å². The third-order valence-corrected chi connectivity index (χ3v) is 6.32. The van der Waals surface area contributed by atoms with Gasteiger partial charge in [0.15, 0.2) is 0 Å². The summed E-state index contributed by atoms with van der Waals surface area (Å²) in [6.07, 6.45) is 0.699. The number of fused-ring (bicyclic) bond motifs is 1. The van der Waals surface area contributed by atoms with Crippen LogP contribution in [0.3, 0.4) is 0 Å². The fourth-order valence-corrected chi connectivity index (χ4v) is 4.76. The summed E-state index contributed by atoms with van der Waals surface area (Å²) >= 11 is 0. The van der Waals surface area contributed by atoms with E-state index < -0.39 is 12.2 Å². The number of hydrogen-bond acceptors (Lipinski definition) is 4. The average Bonchev–Trinajstić information content (AvgIpc) is 2.81. The van der Waals surface area contributed by atoms with Gasteiger partial charge in [0.1, 0.15) is 20.1 Å². The molecular formula is C25H30BN5O3. The number of benzene rings is 2. The molecule has 0 spiro atoms. The van der Waals surface area contributed by atoms with Gasteiger partial charge >= 0.3 is 6.03 Å². The number of piperazine rings is 1. The first-order valence-electron chi connectivity index (χ1n) is 11.7. The van der Waals surface area contributed by atoms with Crippen molar-refractivity contribution in [2.45, 2.75) is 45.1 Å². The number of nitrogens with zero attached hydrogens (tertiary/aromatic N) is 4. The molecule has 0 aromatic heterocycles. The Morgan fingerprint density at radius 2 is 1.82 bits per heavy atom. The zero-order valence-electron chi connectivity index (χ0n) is 19.7. The van der Waals surface area contributed by atoms with E-state index in [-0.39, 0.29) is 30.9 Å². The van der Waals surface area contributed by atoms with Gasteiger partial charge in [0.05, 0.1) is 13.1 Å². The van der Waals surface area contributed by atoms with E-state index in [4.69, 9.17) is 7.85 Å². The molecule has 4 amide bonds. The Morgan fingerprint density at radius 3 is 2.53 bits per heavy atom. The van der Waals surface area contributed by atoms with Crippen LogP contribution < -0.4 is 10.8 Å². The van der Waals surface area contributed by atoms with Crippen molar-refractivity contribution in [3.8, 4) is 0 Å². The number of hydrazine groups is 1. The number of likely N-dealkylation sites (N-methyl/N-ethyl adjacent to an activating group) is 1. The monoisotopic (exact) mass is 459 g/mol. The fraction of sp³-hybridized carbons (Fsp3) is 0.400. The molecule has 0 saturated carbocycles. The molecule has 2 aromatic rings. The molecule has 9 heteroatoms. The van der Waals surface area contributed by atoms with Crippen LogP contribution in [0.25, 0.3) is 0 Å². The van der Waals surface area contributed by atoms with Crippen molar-refractivity contribution in [3.05, 3.63) is 65.7 Å². The Balaban J connectivity index is 1.59. The third-order valence-electron chi connectivity index (χ3n) is 6.32. The largest absolute Gasteiger partial charge is 0.334 e. The van der Waals surface area contributed by atoms with Crippen LogP contribution in [0.1, 0.15) is 30.9 Å². The summed E-state index contributed by atoms with van der Waals surface area (Å²) in [5, 5.41) is 6.18. The molecule has 176 valence electrons. The molecular weight excluding hydrogens is 429 g/mol. The van der Waals surface area contributed by atoms with Crippen molar-refractivity contribution >= 4 is 31.2 Å². The highest BCUT2D eigenvalue weighted by Gasteiger charge is 2.50. The summed E-state index contributed by atoms with van der Waals surface area (Å²) in [4.78, 5) is 43.2. The first kappa shape index (κ1) is 23.8. The number of hydrogen-bond donors (Lipinski definition) is 1. The van der Waals surface area contributed by atoms with Gasteiger partial charge in [0.2, 0.25) is 11.8 Å². The number of carbonyl (C=O) groups is 3. The van der Waals surface area contributed by atoms with Crippen molar-refractivity contribution in [1.82, 2.24) is 25.1 Å². The van der Waals surface area contributed by atoms with Crippen molar-refractivity contribution in [3.63, 3.8) is 0 Å². The van der Waals surface area contributed by atoms with Gasteiger partial charge in [0, 0.05) is 20.1 Å². The number of carbonyl (C=O) groups excluding carboxylic acids is 3. The van der Waals surface area contributed by atoms with Gasteiger partial charge in [0.25, 0.3) is 0 Å². The summed E-state index contributed by atoms with van der Waals surface area (Å²) in [6.45, 7) is 2.99. The lowest BCUT2D eigenvalue weighted by molar-refractivity contribution is -0.188. The number of rotatable bonds is 6. The van der Waals surface area contributed by atoms with E-state index in [0.29, 0.717) is 25.0 Å². The second-order valence-electron chi connectivity index (χ2n) is 8.85. The minimum atomic E-state index is -0.601. The first-order valence-corrected chi connectivity index (χ1v) is 11.7. The van der Waals surface area contributed by atoms with Crippen molar-refractivity contribution in [1.29, 1.82) is 0 Å². The summed E-state index contributed by atoms with van der Waals surface area (Å²) in [7, 11) is 7.66. The van der Waals surface area contributed by atoms with Gasteiger partial charge in [-0.2, -0.15) is 0 Å². The van der Waals surface area contributed by atoms with Crippen molar-refractivity contribution < 1.29 is 14.4 Å². The van der Waals surface area contributed by atoms with Crippen LogP contribution in [0, 0.1) is 0 Å². The molecule has 2 aliphatic rings. The minimum absolute atomic E-state index is 0.0397. The first-order chi connectivity index (χ1) is 16.4. The number of amides is 4. The van der Waals surface area contributed by atoms with E-state index in [0.717, 1.165) is 17.5 Å². The van der Waals surface area contributed by atoms with E-state index in [9.17, 15) is 14.4 Å². The molecule has 1 N–H and O–H groups in total. The summed E-state index contributed by atoms with van der Waals surface area (Å²) in [5.41, 5.74) is 2.52. The van der Waals surface area contributed by atoms with E-state index in [1.807, 2.05) is 55.5 Å². The molecule has 2 heterocycles. The maximum Gasteiger partial charge on any atom is 0.334 e. The molecule has 2 radical (unpaired) electrons. The van der Waals surface area contributed by atoms with Crippen LogP contribution in [0.4, 0.5) is 4.79 Å². The Morgan fingerprint density at radius 1 is 1.09 bits per heavy atom. The van der Waals surface area contributed by atoms with Gasteiger partial charge in [-0.15, -0.1) is 0 Å². The Hall–Kier alpha value is -3.33. The molecule has 0 aliphatic carbocycles. The lowest BCUT2D eigenvalue weighted by Gasteiger charge is -2.54. The average molecular weight is 459 g/mol. The van der Waals surface area contributed by atoms with Gasteiger partial charge < -0.3 is 15.1 Å².